The average molecular weight is 591 g/mol. The molecule has 5 rings (SSSR count). The Morgan fingerprint density at radius 2 is 1.95 bits per heavy atom. The summed E-state index contributed by atoms with van der Waals surface area (Å²) >= 11 is 3.43. The molecule has 8 nitrogen and oxygen atoms in total. The minimum absolute atomic E-state index is 0.0841. The van der Waals surface area contributed by atoms with E-state index >= 15 is 0 Å². The van der Waals surface area contributed by atoms with Crippen molar-refractivity contribution in [2.24, 2.45) is 0 Å². The van der Waals surface area contributed by atoms with E-state index in [1.165, 1.54) is 6.08 Å². The van der Waals surface area contributed by atoms with Crippen LogP contribution in [0.4, 0.5) is 17.1 Å². The predicted octanol–water partition coefficient (Wildman–Crippen LogP) is 5.05. The summed E-state index contributed by atoms with van der Waals surface area (Å²) in [5.41, 5.74) is 9.17. The first-order valence-corrected chi connectivity index (χ1v) is 14.0. The quantitative estimate of drug-likeness (QED) is 0.225. The topological polar surface area (TPSA) is 110 Å². The lowest BCUT2D eigenvalue weighted by atomic mass is 9.96. The number of nitrogen functional groups attached to an aromatic ring is 1. The fourth-order valence-electron chi connectivity index (χ4n) is 5.11. The van der Waals surface area contributed by atoms with Crippen LogP contribution in [0.15, 0.2) is 77.4 Å². The zero-order chi connectivity index (χ0) is 27.2. The second kappa shape index (κ2) is 12.5. The van der Waals surface area contributed by atoms with Gasteiger partial charge in [-0.05, 0) is 79.9 Å². The molecule has 1 aromatic heterocycles. The highest BCUT2D eigenvalue weighted by atomic mass is 79.9. The third kappa shape index (κ3) is 7.11. The van der Waals surface area contributed by atoms with Crippen LogP contribution >= 0.6 is 15.9 Å². The monoisotopic (exact) mass is 589 g/mol. The Labute approximate surface area is 236 Å². The van der Waals surface area contributed by atoms with Gasteiger partial charge in [0.2, 0.25) is 11.8 Å². The third-order valence-corrected chi connectivity index (χ3v) is 7.72. The number of nitrogens with two attached hydrogens (primary N) is 1. The predicted molar refractivity (Wildman–Crippen MR) is 157 cm³/mol. The summed E-state index contributed by atoms with van der Waals surface area (Å²) < 4.78 is 6.67. The number of carbonyl (C=O) groups is 2. The van der Waals surface area contributed by atoms with Crippen molar-refractivity contribution in [2.45, 2.75) is 37.3 Å². The van der Waals surface area contributed by atoms with Crippen molar-refractivity contribution in [3.05, 3.63) is 88.7 Å². The molecule has 1 unspecified atom stereocenters. The standard InChI is InChI=1S/C30H32BrN5O3/c31-21-9-11-22(12-10-21)34-30(38)25(4-3-15-36-18-24-16-23(36)19-39-24)27-13-7-20(17-33-27)8-14-29(37)35-28-6-2-1-5-26(28)32/h1-2,5-14,17,23-25H,3-4,15-16,18-19,32H2,(H,34,38)(H,35,37)/b14-8+/t23-,24-,25?/m1/s1. The van der Waals surface area contributed by atoms with E-state index in [-0.39, 0.29) is 11.8 Å². The lowest BCUT2D eigenvalue weighted by Gasteiger charge is -2.27. The zero-order valence-electron chi connectivity index (χ0n) is 21.6. The number of ether oxygens (including phenoxy) is 1. The van der Waals surface area contributed by atoms with Crippen LogP contribution in [0.2, 0.25) is 0 Å². The summed E-state index contributed by atoms with van der Waals surface area (Å²) in [7, 11) is 0. The van der Waals surface area contributed by atoms with Crippen LogP contribution in [0.3, 0.4) is 0 Å². The van der Waals surface area contributed by atoms with Crippen molar-refractivity contribution in [1.82, 2.24) is 9.88 Å². The van der Waals surface area contributed by atoms with Crippen molar-refractivity contribution < 1.29 is 14.3 Å². The fourth-order valence-corrected chi connectivity index (χ4v) is 5.37. The van der Waals surface area contributed by atoms with Crippen molar-refractivity contribution in [3.63, 3.8) is 0 Å². The van der Waals surface area contributed by atoms with E-state index in [9.17, 15) is 9.59 Å². The number of nitrogens with one attached hydrogen (secondary N) is 2. The minimum atomic E-state index is -0.396. The number of pyridine rings is 1. The molecule has 0 radical (unpaired) electrons. The summed E-state index contributed by atoms with van der Waals surface area (Å²) in [4.78, 5) is 32.8. The number of halogens is 1. The van der Waals surface area contributed by atoms with Crippen molar-refractivity contribution in [3.8, 4) is 0 Å². The Kier molecular flexibility index (Phi) is 8.71. The molecule has 2 aromatic carbocycles. The van der Waals surface area contributed by atoms with Crippen molar-refractivity contribution in [1.29, 1.82) is 0 Å². The highest BCUT2D eigenvalue weighted by molar-refractivity contribution is 9.10. The Hall–Kier alpha value is -3.53. The number of likely N-dealkylation sites (tertiary alicyclic amines) is 1. The van der Waals surface area contributed by atoms with Gasteiger partial charge in [0.1, 0.15) is 0 Å². The molecule has 202 valence electrons. The van der Waals surface area contributed by atoms with E-state index in [2.05, 4.69) is 36.4 Å². The summed E-state index contributed by atoms with van der Waals surface area (Å²) in [6, 6.07) is 18.9. The van der Waals surface area contributed by atoms with E-state index in [0.29, 0.717) is 35.6 Å². The molecular formula is C30H32BrN5O3. The molecule has 3 heterocycles. The van der Waals surface area contributed by atoms with Gasteiger partial charge >= 0.3 is 0 Å². The molecule has 0 saturated carbocycles. The summed E-state index contributed by atoms with van der Waals surface area (Å²) in [5.74, 6) is -0.768. The van der Waals surface area contributed by atoms with Gasteiger partial charge in [-0.3, -0.25) is 19.5 Å². The number of para-hydroxylation sites is 2. The van der Waals surface area contributed by atoms with Crippen LogP contribution in [0.1, 0.15) is 36.4 Å². The maximum atomic E-state index is 13.4. The van der Waals surface area contributed by atoms with E-state index in [1.807, 2.05) is 48.5 Å². The minimum Gasteiger partial charge on any atom is -0.397 e. The molecule has 2 amide bonds. The number of anilines is 3. The van der Waals surface area contributed by atoms with Gasteiger partial charge in [-0.2, -0.15) is 0 Å². The van der Waals surface area contributed by atoms with Crippen LogP contribution in [-0.4, -0.2) is 53.5 Å². The number of hydrogen-bond donors (Lipinski definition) is 3. The second-order valence-corrected chi connectivity index (χ2v) is 10.9. The Balaban J connectivity index is 1.24. The second-order valence-electron chi connectivity index (χ2n) is 9.96. The zero-order valence-corrected chi connectivity index (χ0v) is 23.1. The van der Waals surface area contributed by atoms with E-state index in [4.69, 9.17) is 10.5 Å². The van der Waals surface area contributed by atoms with Crippen LogP contribution in [-0.2, 0) is 14.3 Å². The first kappa shape index (κ1) is 27.1. The number of nitrogens with zero attached hydrogens (tertiary/aromatic N) is 2. The van der Waals surface area contributed by atoms with Crippen LogP contribution < -0.4 is 16.4 Å². The number of aromatic nitrogens is 1. The number of benzene rings is 2. The molecular weight excluding hydrogens is 558 g/mol. The molecule has 2 aliphatic heterocycles. The summed E-state index contributed by atoms with van der Waals surface area (Å²) in [5, 5.41) is 5.81. The SMILES string of the molecule is Nc1ccccc1NC(=O)/C=C/c1ccc(C(CCCN2C[C@H]3C[C@@H]2CO3)C(=O)Nc2ccc(Br)cc2)nc1. The number of amides is 2. The maximum Gasteiger partial charge on any atom is 0.248 e. The van der Waals surface area contributed by atoms with Crippen molar-refractivity contribution >= 4 is 50.9 Å². The van der Waals surface area contributed by atoms with Gasteiger partial charge in [0.05, 0.1) is 35.7 Å². The molecule has 0 aliphatic carbocycles. The molecule has 3 atom stereocenters. The molecule has 2 saturated heterocycles. The molecule has 4 N–H and O–H groups in total. The van der Waals surface area contributed by atoms with E-state index in [0.717, 1.165) is 48.3 Å². The van der Waals surface area contributed by atoms with Crippen molar-refractivity contribution in [2.75, 3.05) is 36.1 Å². The van der Waals surface area contributed by atoms with E-state index < -0.39 is 5.92 Å². The molecule has 9 heteroatoms. The largest absolute Gasteiger partial charge is 0.397 e. The fraction of sp³-hybridized carbons (Fsp3) is 0.300. The number of morpholine rings is 1. The normalized spacial score (nSPS) is 19.3. The summed E-state index contributed by atoms with van der Waals surface area (Å²) in [6.07, 6.45) is 7.85. The van der Waals surface area contributed by atoms with Crippen LogP contribution in [0.5, 0.6) is 0 Å². The van der Waals surface area contributed by atoms with Gasteiger partial charge in [-0.1, -0.05) is 34.1 Å². The van der Waals surface area contributed by atoms with Gasteiger partial charge in [-0.15, -0.1) is 0 Å². The maximum absolute atomic E-state index is 13.4. The molecule has 0 spiro atoms. The lowest BCUT2D eigenvalue weighted by molar-refractivity contribution is -0.118. The molecule has 2 bridgehead atoms. The summed E-state index contributed by atoms with van der Waals surface area (Å²) in [6.45, 7) is 2.73. The van der Waals surface area contributed by atoms with Gasteiger partial charge in [0, 0.05) is 35.0 Å². The molecule has 2 fully saturated rings. The molecule has 2 aliphatic rings. The lowest BCUT2D eigenvalue weighted by Crippen LogP contribution is -2.37. The van der Waals surface area contributed by atoms with E-state index in [1.54, 1.807) is 24.4 Å². The smallest absolute Gasteiger partial charge is 0.248 e. The molecule has 39 heavy (non-hydrogen) atoms. The number of carbonyl (C=O) groups excluding carboxylic acids is 2. The Bertz CT molecular complexity index is 1330. The average Bonchev–Trinajstić information content (AvgIpc) is 3.57. The van der Waals surface area contributed by atoms with Crippen LogP contribution in [0, 0.1) is 0 Å². The first-order chi connectivity index (χ1) is 18.9. The highest BCUT2D eigenvalue weighted by Crippen LogP contribution is 2.29. The Morgan fingerprint density at radius 3 is 2.64 bits per heavy atom. The van der Waals surface area contributed by atoms with Crippen LogP contribution in [0.25, 0.3) is 6.08 Å². The number of fused-ring (bicyclic) bond motifs is 2. The van der Waals surface area contributed by atoms with Gasteiger partial charge in [0.15, 0.2) is 0 Å². The number of rotatable bonds is 10. The first-order valence-electron chi connectivity index (χ1n) is 13.2. The number of hydrogen-bond acceptors (Lipinski definition) is 6. The third-order valence-electron chi connectivity index (χ3n) is 7.19. The Morgan fingerprint density at radius 1 is 1.13 bits per heavy atom. The van der Waals surface area contributed by atoms with Gasteiger partial charge in [0.25, 0.3) is 0 Å². The molecule has 3 aromatic rings. The highest BCUT2D eigenvalue weighted by Gasteiger charge is 2.38. The van der Waals surface area contributed by atoms with Gasteiger partial charge < -0.3 is 21.1 Å². The van der Waals surface area contributed by atoms with Gasteiger partial charge in [-0.25, -0.2) is 0 Å².